The molecule has 74 valence electrons. The van der Waals surface area contributed by atoms with Gasteiger partial charge in [-0.25, -0.2) is 0 Å². The topological polar surface area (TPSA) is 33.0 Å². The summed E-state index contributed by atoms with van der Waals surface area (Å²) in [4.78, 5) is 0. The third-order valence-electron chi connectivity index (χ3n) is 2.20. The molecular formula is C11H12BrNO. The molecule has 0 fully saturated rings. The maximum atomic E-state index is 8.84. The van der Waals surface area contributed by atoms with E-state index in [0.29, 0.717) is 0 Å². The van der Waals surface area contributed by atoms with Crippen LogP contribution in [0.3, 0.4) is 0 Å². The second-order valence-corrected chi connectivity index (χ2v) is 4.05. The Balaban J connectivity index is 3.25. The van der Waals surface area contributed by atoms with E-state index in [1.165, 1.54) is 0 Å². The van der Waals surface area contributed by atoms with Crippen molar-refractivity contribution in [3.05, 3.63) is 27.7 Å². The van der Waals surface area contributed by atoms with Crippen LogP contribution < -0.4 is 4.74 Å². The monoisotopic (exact) mass is 253 g/mol. The molecule has 1 aromatic rings. The summed E-state index contributed by atoms with van der Waals surface area (Å²) in [5.41, 5.74) is 2.12. The van der Waals surface area contributed by atoms with E-state index in [0.717, 1.165) is 21.3 Å². The Labute approximate surface area is 92.6 Å². The largest absolute Gasteiger partial charge is 0.496 e. The fourth-order valence-electron chi connectivity index (χ4n) is 1.36. The summed E-state index contributed by atoms with van der Waals surface area (Å²) in [6, 6.07) is 6.11. The summed E-state index contributed by atoms with van der Waals surface area (Å²) < 4.78 is 6.10. The molecule has 0 aliphatic rings. The van der Waals surface area contributed by atoms with Gasteiger partial charge in [0.15, 0.2) is 0 Å². The van der Waals surface area contributed by atoms with E-state index in [2.05, 4.69) is 22.0 Å². The Hall–Kier alpha value is -1.01. The van der Waals surface area contributed by atoms with Crippen LogP contribution >= 0.6 is 15.9 Å². The van der Waals surface area contributed by atoms with Crippen molar-refractivity contribution < 1.29 is 4.74 Å². The molecule has 0 saturated heterocycles. The lowest BCUT2D eigenvalue weighted by Gasteiger charge is -2.11. The van der Waals surface area contributed by atoms with Gasteiger partial charge in [-0.1, -0.05) is 0 Å². The third kappa shape index (κ3) is 2.08. The van der Waals surface area contributed by atoms with Gasteiger partial charge in [0.25, 0.3) is 0 Å². The Morgan fingerprint density at radius 2 is 2.14 bits per heavy atom. The van der Waals surface area contributed by atoms with Gasteiger partial charge in [0.2, 0.25) is 0 Å². The molecule has 0 radical (unpaired) electrons. The number of halogens is 1. The Morgan fingerprint density at radius 1 is 1.50 bits per heavy atom. The highest BCUT2D eigenvalue weighted by atomic mass is 79.9. The number of methoxy groups -OCH3 is 1. The molecule has 1 unspecified atom stereocenters. The summed E-state index contributed by atoms with van der Waals surface area (Å²) in [6.45, 7) is 3.88. The van der Waals surface area contributed by atoms with Crippen molar-refractivity contribution in [3.8, 4) is 11.8 Å². The Morgan fingerprint density at radius 3 is 2.64 bits per heavy atom. The van der Waals surface area contributed by atoms with Crippen molar-refractivity contribution in [1.29, 1.82) is 5.26 Å². The second-order valence-electron chi connectivity index (χ2n) is 3.19. The number of benzene rings is 1. The standard InChI is InChI=1S/C11H12BrNO/c1-7-4-10(12)11(14-3)5-9(7)8(2)6-13/h4-5,8H,1-3H3. The van der Waals surface area contributed by atoms with E-state index in [-0.39, 0.29) is 5.92 Å². The average molecular weight is 254 g/mol. The van der Waals surface area contributed by atoms with E-state index < -0.39 is 0 Å². The van der Waals surface area contributed by atoms with E-state index in [1.807, 2.05) is 26.0 Å². The van der Waals surface area contributed by atoms with Crippen LogP contribution in [0.15, 0.2) is 16.6 Å². The lowest BCUT2D eigenvalue weighted by Crippen LogP contribution is -1.96. The van der Waals surface area contributed by atoms with Crippen molar-refractivity contribution in [3.63, 3.8) is 0 Å². The summed E-state index contributed by atoms with van der Waals surface area (Å²) in [6.07, 6.45) is 0. The van der Waals surface area contributed by atoms with Crippen molar-refractivity contribution in [2.75, 3.05) is 7.11 Å². The molecule has 0 saturated carbocycles. The number of hydrogen-bond acceptors (Lipinski definition) is 2. The van der Waals surface area contributed by atoms with Crippen molar-refractivity contribution in [2.24, 2.45) is 0 Å². The van der Waals surface area contributed by atoms with Crippen LogP contribution in [0.25, 0.3) is 0 Å². The minimum Gasteiger partial charge on any atom is -0.496 e. The zero-order chi connectivity index (χ0) is 10.7. The van der Waals surface area contributed by atoms with Crippen LogP contribution in [0.1, 0.15) is 24.0 Å². The van der Waals surface area contributed by atoms with Gasteiger partial charge < -0.3 is 4.74 Å². The fraction of sp³-hybridized carbons (Fsp3) is 0.364. The van der Waals surface area contributed by atoms with E-state index >= 15 is 0 Å². The molecule has 0 aromatic heterocycles. The van der Waals surface area contributed by atoms with Crippen LogP contribution in [0.4, 0.5) is 0 Å². The Bertz CT molecular complexity index is 382. The molecule has 2 nitrogen and oxygen atoms in total. The van der Waals surface area contributed by atoms with Crippen LogP contribution in [-0.2, 0) is 0 Å². The molecule has 1 atom stereocenters. The van der Waals surface area contributed by atoms with Gasteiger partial charge in [0.1, 0.15) is 5.75 Å². The first kappa shape index (κ1) is 11.1. The maximum absolute atomic E-state index is 8.84. The highest BCUT2D eigenvalue weighted by Gasteiger charge is 2.11. The zero-order valence-corrected chi connectivity index (χ0v) is 10.1. The maximum Gasteiger partial charge on any atom is 0.133 e. The predicted molar refractivity (Wildman–Crippen MR) is 59.5 cm³/mol. The number of aryl methyl sites for hydroxylation is 1. The van der Waals surface area contributed by atoms with E-state index in [4.69, 9.17) is 10.00 Å². The molecule has 0 aliphatic heterocycles. The number of nitriles is 1. The quantitative estimate of drug-likeness (QED) is 0.810. The summed E-state index contributed by atoms with van der Waals surface area (Å²) in [5.74, 6) is 0.671. The van der Waals surface area contributed by atoms with Crippen LogP contribution in [0.5, 0.6) is 5.75 Å². The first-order valence-corrected chi connectivity index (χ1v) is 5.13. The molecule has 0 spiro atoms. The lowest BCUT2D eigenvalue weighted by molar-refractivity contribution is 0.411. The number of rotatable bonds is 2. The molecule has 0 aliphatic carbocycles. The van der Waals surface area contributed by atoms with Gasteiger partial charge in [-0.05, 0) is 53.0 Å². The minimum absolute atomic E-state index is 0.100. The van der Waals surface area contributed by atoms with Crippen molar-refractivity contribution >= 4 is 15.9 Å². The number of nitrogens with zero attached hydrogens (tertiary/aromatic N) is 1. The first-order chi connectivity index (χ1) is 6.60. The highest BCUT2D eigenvalue weighted by molar-refractivity contribution is 9.10. The molecule has 3 heteroatoms. The van der Waals surface area contributed by atoms with Gasteiger partial charge in [-0.3, -0.25) is 0 Å². The van der Waals surface area contributed by atoms with E-state index in [1.54, 1.807) is 7.11 Å². The first-order valence-electron chi connectivity index (χ1n) is 4.33. The van der Waals surface area contributed by atoms with Gasteiger partial charge in [-0.15, -0.1) is 0 Å². The minimum atomic E-state index is -0.100. The number of hydrogen-bond donors (Lipinski definition) is 0. The van der Waals surface area contributed by atoms with E-state index in [9.17, 15) is 0 Å². The van der Waals surface area contributed by atoms with Crippen molar-refractivity contribution in [2.45, 2.75) is 19.8 Å². The van der Waals surface area contributed by atoms with Gasteiger partial charge in [-0.2, -0.15) is 5.26 Å². The fourth-order valence-corrected chi connectivity index (χ4v) is 1.98. The zero-order valence-electron chi connectivity index (χ0n) is 8.47. The molecule has 1 rings (SSSR count). The average Bonchev–Trinajstić information content (AvgIpc) is 2.17. The van der Waals surface area contributed by atoms with Gasteiger partial charge in [0, 0.05) is 0 Å². The summed E-state index contributed by atoms with van der Waals surface area (Å²) in [7, 11) is 1.62. The molecule has 0 heterocycles. The molecule has 0 bridgehead atoms. The van der Waals surface area contributed by atoms with Crippen molar-refractivity contribution in [1.82, 2.24) is 0 Å². The Kier molecular flexibility index (Phi) is 3.54. The lowest BCUT2D eigenvalue weighted by atomic mass is 9.97. The normalized spacial score (nSPS) is 11.9. The molecule has 0 amide bonds. The molecule has 14 heavy (non-hydrogen) atoms. The molecule has 1 aromatic carbocycles. The molecular weight excluding hydrogens is 242 g/mol. The van der Waals surface area contributed by atoms with Gasteiger partial charge in [0.05, 0.1) is 23.6 Å². The van der Waals surface area contributed by atoms with Crippen LogP contribution in [0.2, 0.25) is 0 Å². The van der Waals surface area contributed by atoms with Crippen LogP contribution in [-0.4, -0.2) is 7.11 Å². The SMILES string of the molecule is COc1cc(C(C)C#N)c(C)cc1Br. The second kappa shape index (κ2) is 4.47. The smallest absolute Gasteiger partial charge is 0.133 e. The predicted octanol–water partition coefficient (Wildman–Crippen LogP) is 3.39. The van der Waals surface area contributed by atoms with Gasteiger partial charge >= 0.3 is 0 Å². The third-order valence-corrected chi connectivity index (χ3v) is 2.82. The highest BCUT2D eigenvalue weighted by Crippen LogP contribution is 2.31. The number of ether oxygens (including phenoxy) is 1. The summed E-state index contributed by atoms with van der Waals surface area (Å²) in [5, 5.41) is 8.84. The summed E-state index contributed by atoms with van der Waals surface area (Å²) >= 11 is 3.40. The van der Waals surface area contributed by atoms with Crippen LogP contribution in [0, 0.1) is 18.3 Å². The molecule has 0 N–H and O–H groups in total.